The number of halogens is 3. The third-order valence-corrected chi connectivity index (χ3v) is 2.97. The first-order chi connectivity index (χ1) is 9.87. The van der Waals surface area contributed by atoms with Gasteiger partial charge in [0.25, 0.3) is 5.91 Å². The normalized spacial score (nSPS) is 11.8. The van der Waals surface area contributed by atoms with Gasteiger partial charge in [0.15, 0.2) is 5.69 Å². The van der Waals surface area contributed by atoms with E-state index in [1.807, 2.05) is 0 Å². The second-order valence-electron chi connectivity index (χ2n) is 4.71. The number of carbonyl (C=O) groups is 1. The molecule has 5 nitrogen and oxygen atoms in total. The number of aromatic nitrogens is 2. The highest BCUT2D eigenvalue weighted by Crippen LogP contribution is 2.22. The number of amides is 1. The number of fused-ring (bicyclic) bond motifs is 1. The second kappa shape index (κ2) is 6.02. The zero-order valence-electron chi connectivity index (χ0n) is 11.1. The van der Waals surface area contributed by atoms with Crippen molar-refractivity contribution in [3.8, 4) is 0 Å². The number of aromatic amines is 1. The van der Waals surface area contributed by atoms with Crippen LogP contribution < -0.4 is 11.1 Å². The SMILES string of the molecule is Nc1ccc2[nH]nc(C(=O)NCCCCC(F)(F)F)c2c1. The van der Waals surface area contributed by atoms with Gasteiger partial charge in [0, 0.05) is 24.0 Å². The number of anilines is 1. The molecule has 0 saturated heterocycles. The molecule has 0 unspecified atom stereocenters. The Morgan fingerprint density at radius 3 is 2.81 bits per heavy atom. The average Bonchev–Trinajstić information content (AvgIpc) is 2.79. The van der Waals surface area contributed by atoms with Gasteiger partial charge in [-0.05, 0) is 31.0 Å². The van der Waals surface area contributed by atoms with Gasteiger partial charge < -0.3 is 11.1 Å². The number of nitrogens with two attached hydrogens (primary N) is 1. The summed E-state index contributed by atoms with van der Waals surface area (Å²) in [5, 5.41) is 9.74. The molecule has 0 saturated carbocycles. The number of hydrogen-bond acceptors (Lipinski definition) is 3. The molecule has 0 fully saturated rings. The molecule has 21 heavy (non-hydrogen) atoms. The maximum absolute atomic E-state index is 12.0. The van der Waals surface area contributed by atoms with E-state index in [1.165, 1.54) is 0 Å². The first-order valence-electron chi connectivity index (χ1n) is 6.45. The van der Waals surface area contributed by atoms with E-state index in [-0.39, 0.29) is 25.1 Å². The molecule has 2 aromatic rings. The number of nitrogen functional groups attached to an aromatic ring is 1. The van der Waals surface area contributed by atoms with Crippen molar-refractivity contribution < 1.29 is 18.0 Å². The number of nitrogens with zero attached hydrogens (tertiary/aromatic N) is 1. The van der Waals surface area contributed by atoms with Crippen LogP contribution in [0.15, 0.2) is 18.2 Å². The highest BCUT2D eigenvalue weighted by atomic mass is 19.4. The van der Waals surface area contributed by atoms with Gasteiger partial charge in [0.05, 0.1) is 5.52 Å². The van der Waals surface area contributed by atoms with Gasteiger partial charge in [-0.25, -0.2) is 0 Å². The van der Waals surface area contributed by atoms with Crippen molar-refractivity contribution in [1.82, 2.24) is 15.5 Å². The lowest BCUT2D eigenvalue weighted by Gasteiger charge is -2.06. The lowest BCUT2D eigenvalue weighted by Crippen LogP contribution is -2.25. The molecule has 0 aliphatic rings. The van der Waals surface area contributed by atoms with Crippen LogP contribution in [0, 0.1) is 0 Å². The molecule has 0 spiro atoms. The summed E-state index contributed by atoms with van der Waals surface area (Å²) < 4.78 is 35.9. The largest absolute Gasteiger partial charge is 0.399 e. The Morgan fingerprint density at radius 1 is 1.33 bits per heavy atom. The maximum Gasteiger partial charge on any atom is 0.389 e. The van der Waals surface area contributed by atoms with Crippen molar-refractivity contribution in [1.29, 1.82) is 0 Å². The molecule has 1 aromatic carbocycles. The number of nitrogens with one attached hydrogen (secondary N) is 2. The molecule has 0 aliphatic heterocycles. The number of unbranched alkanes of at least 4 members (excludes halogenated alkanes) is 1. The topological polar surface area (TPSA) is 83.8 Å². The summed E-state index contributed by atoms with van der Waals surface area (Å²) in [6.45, 7) is 0.172. The van der Waals surface area contributed by atoms with Gasteiger partial charge in [-0.1, -0.05) is 0 Å². The molecule has 8 heteroatoms. The van der Waals surface area contributed by atoms with Gasteiger partial charge in [0.2, 0.25) is 0 Å². The van der Waals surface area contributed by atoms with Crippen LogP contribution in [-0.2, 0) is 0 Å². The van der Waals surface area contributed by atoms with Crippen molar-refractivity contribution in [3.05, 3.63) is 23.9 Å². The van der Waals surface area contributed by atoms with E-state index >= 15 is 0 Å². The van der Waals surface area contributed by atoms with Crippen molar-refractivity contribution in [2.45, 2.75) is 25.4 Å². The molecule has 0 radical (unpaired) electrons. The Morgan fingerprint density at radius 2 is 2.10 bits per heavy atom. The van der Waals surface area contributed by atoms with Gasteiger partial charge in [-0.3, -0.25) is 9.89 Å². The first kappa shape index (κ1) is 15.1. The molecule has 0 aliphatic carbocycles. The fraction of sp³-hybridized carbons (Fsp3) is 0.385. The van der Waals surface area contributed by atoms with Gasteiger partial charge >= 0.3 is 6.18 Å². The number of hydrogen-bond donors (Lipinski definition) is 3. The number of benzene rings is 1. The summed E-state index contributed by atoms with van der Waals surface area (Å²) in [5.74, 6) is -0.432. The van der Waals surface area contributed by atoms with Crippen LogP contribution in [0.2, 0.25) is 0 Å². The van der Waals surface area contributed by atoms with E-state index in [2.05, 4.69) is 15.5 Å². The third kappa shape index (κ3) is 4.11. The van der Waals surface area contributed by atoms with Crippen LogP contribution in [0.25, 0.3) is 10.9 Å². The lowest BCUT2D eigenvalue weighted by molar-refractivity contribution is -0.135. The number of carbonyl (C=O) groups excluding carboxylic acids is 1. The van der Waals surface area contributed by atoms with Crippen LogP contribution in [0.5, 0.6) is 0 Å². The maximum atomic E-state index is 12.0. The number of alkyl halides is 3. The van der Waals surface area contributed by atoms with Gasteiger partial charge in [0.1, 0.15) is 0 Å². The molecule has 1 amide bonds. The molecule has 114 valence electrons. The minimum atomic E-state index is -4.15. The highest BCUT2D eigenvalue weighted by Gasteiger charge is 2.25. The Kier molecular flexibility index (Phi) is 4.35. The lowest BCUT2D eigenvalue weighted by atomic mass is 10.2. The van der Waals surface area contributed by atoms with Crippen LogP contribution in [0.4, 0.5) is 18.9 Å². The quantitative estimate of drug-likeness (QED) is 0.586. The van der Waals surface area contributed by atoms with E-state index < -0.39 is 18.5 Å². The van der Waals surface area contributed by atoms with Gasteiger partial charge in [-0.15, -0.1) is 0 Å². The summed E-state index contributed by atoms with van der Waals surface area (Å²) in [7, 11) is 0. The summed E-state index contributed by atoms with van der Waals surface area (Å²) in [6.07, 6.45) is -4.75. The number of H-pyrrole nitrogens is 1. The minimum absolute atomic E-state index is 0.0158. The summed E-state index contributed by atoms with van der Waals surface area (Å²) >= 11 is 0. The van der Waals surface area contributed by atoms with Crippen LogP contribution in [-0.4, -0.2) is 28.8 Å². The van der Waals surface area contributed by atoms with Crippen LogP contribution in [0.3, 0.4) is 0 Å². The monoisotopic (exact) mass is 300 g/mol. The minimum Gasteiger partial charge on any atom is -0.399 e. The first-order valence-corrected chi connectivity index (χ1v) is 6.45. The van der Waals surface area contributed by atoms with Crippen molar-refractivity contribution >= 4 is 22.5 Å². The standard InChI is InChI=1S/C13H15F3N4O/c14-13(15,16)5-1-2-6-18-12(21)11-9-7-8(17)3-4-10(9)19-20-11/h3-4,7H,1-2,5-6,17H2,(H,18,21)(H,19,20). The zero-order chi connectivity index (χ0) is 15.5. The van der Waals surface area contributed by atoms with Crippen molar-refractivity contribution in [3.63, 3.8) is 0 Å². The zero-order valence-corrected chi connectivity index (χ0v) is 11.1. The number of rotatable bonds is 5. The Hall–Kier alpha value is -2.25. The van der Waals surface area contributed by atoms with Crippen LogP contribution >= 0.6 is 0 Å². The average molecular weight is 300 g/mol. The smallest absolute Gasteiger partial charge is 0.389 e. The van der Waals surface area contributed by atoms with E-state index in [0.717, 1.165) is 0 Å². The summed E-state index contributed by atoms with van der Waals surface area (Å²) in [6, 6.07) is 5.01. The van der Waals surface area contributed by atoms with Gasteiger partial charge in [-0.2, -0.15) is 18.3 Å². The Bertz CT molecular complexity index is 636. The van der Waals surface area contributed by atoms with Crippen molar-refractivity contribution in [2.75, 3.05) is 12.3 Å². The molecule has 1 aromatic heterocycles. The second-order valence-corrected chi connectivity index (χ2v) is 4.71. The third-order valence-electron chi connectivity index (χ3n) is 2.97. The van der Waals surface area contributed by atoms with E-state index in [4.69, 9.17) is 5.73 Å². The fourth-order valence-corrected chi connectivity index (χ4v) is 1.94. The van der Waals surface area contributed by atoms with E-state index in [9.17, 15) is 18.0 Å². The predicted octanol–water partition coefficient (Wildman–Crippen LogP) is 2.61. The van der Waals surface area contributed by atoms with Crippen LogP contribution in [0.1, 0.15) is 29.8 Å². The molecule has 4 N–H and O–H groups in total. The summed E-state index contributed by atoms with van der Waals surface area (Å²) in [4.78, 5) is 11.9. The highest BCUT2D eigenvalue weighted by molar-refractivity contribution is 6.05. The molecule has 0 bridgehead atoms. The fourth-order valence-electron chi connectivity index (χ4n) is 1.94. The molecule has 2 rings (SSSR count). The van der Waals surface area contributed by atoms with E-state index in [1.54, 1.807) is 18.2 Å². The summed E-state index contributed by atoms with van der Waals surface area (Å²) in [5.41, 5.74) is 7.02. The Labute approximate surface area is 118 Å². The molecular weight excluding hydrogens is 285 g/mol. The van der Waals surface area contributed by atoms with E-state index in [0.29, 0.717) is 16.6 Å². The molecule has 1 heterocycles. The molecular formula is C13H15F3N4O. The molecule has 0 atom stereocenters. The van der Waals surface area contributed by atoms with Crippen molar-refractivity contribution in [2.24, 2.45) is 0 Å². The predicted molar refractivity (Wildman–Crippen MR) is 72.7 cm³/mol. The Balaban J connectivity index is 1.89.